The highest BCUT2D eigenvalue weighted by Gasteiger charge is 2.19. The molecule has 0 spiro atoms. The van der Waals surface area contributed by atoms with E-state index in [4.69, 9.17) is 11.2 Å². The number of nitrogens with one attached hydrogen (secondary N) is 1. The standard InChI is InChI=1S/C20H18N6O2/c1-3-14-10-15-19(27)24-17-8-4-7-16(23-17)18-25-22-12-26(18)13(2)6-5-9-28-20(15)21-11-14/h1,4,7-8,10-13H,5-6,9H2,2H3,(H,23,24,27). The van der Waals surface area contributed by atoms with Crippen LogP contribution in [0.4, 0.5) is 5.82 Å². The molecule has 1 aliphatic heterocycles. The molecule has 0 fully saturated rings. The predicted octanol–water partition coefficient (Wildman–Crippen LogP) is 2.70. The van der Waals surface area contributed by atoms with E-state index in [1.165, 1.54) is 6.20 Å². The third kappa shape index (κ3) is 3.42. The van der Waals surface area contributed by atoms with Crippen LogP contribution in [0.15, 0.2) is 36.8 Å². The smallest absolute Gasteiger partial charge is 0.262 e. The number of hydrogen-bond acceptors (Lipinski definition) is 6. The summed E-state index contributed by atoms with van der Waals surface area (Å²) in [5.74, 6) is 3.39. The molecule has 0 saturated heterocycles. The zero-order chi connectivity index (χ0) is 19.5. The molecule has 8 nitrogen and oxygen atoms in total. The fourth-order valence-corrected chi connectivity index (χ4v) is 3.06. The number of ether oxygens (including phenoxy) is 1. The molecule has 4 rings (SSSR count). The van der Waals surface area contributed by atoms with Gasteiger partial charge in [-0.3, -0.25) is 4.79 Å². The van der Waals surface area contributed by atoms with Crippen LogP contribution in [0.1, 0.15) is 41.7 Å². The zero-order valence-corrected chi connectivity index (χ0v) is 15.3. The summed E-state index contributed by atoms with van der Waals surface area (Å²) in [5, 5.41) is 11.0. The van der Waals surface area contributed by atoms with Crippen LogP contribution in [0.5, 0.6) is 5.88 Å². The highest BCUT2D eigenvalue weighted by molar-refractivity contribution is 6.05. The highest BCUT2D eigenvalue weighted by Crippen LogP contribution is 2.24. The minimum absolute atomic E-state index is 0.160. The molecular formula is C20H18N6O2. The number of carbonyl (C=O) groups excluding carboxylic acids is 1. The molecule has 8 heteroatoms. The van der Waals surface area contributed by atoms with Gasteiger partial charge in [-0.2, -0.15) is 0 Å². The maximum absolute atomic E-state index is 12.8. The van der Waals surface area contributed by atoms with E-state index in [0.29, 0.717) is 29.5 Å². The van der Waals surface area contributed by atoms with E-state index in [1.54, 1.807) is 24.5 Å². The van der Waals surface area contributed by atoms with Gasteiger partial charge in [-0.1, -0.05) is 12.0 Å². The summed E-state index contributed by atoms with van der Waals surface area (Å²) < 4.78 is 7.75. The van der Waals surface area contributed by atoms with E-state index < -0.39 is 5.91 Å². The first kappa shape index (κ1) is 17.7. The molecule has 1 N–H and O–H groups in total. The maximum Gasteiger partial charge on any atom is 0.262 e. The van der Waals surface area contributed by atoms with Gasteiger partial charge in [0, 0.05) is 17.8 Å². The van der Waals surface area contributed by atoms with Crippen molar-refractivity contribution in [2.24, 2.45) is 0 Å². The average Bonchev–Trinajstić information content (AvgIpc) is 3.20. The van der Waals surface area contributed by atoms with Crippen LogP contribution in [0, 0.1) is 12.3 Å². The van der Waals surface area contributed by atoms with Gasteiger partial charge in [-0.15, -0.1) is 16.6 Å². The molecular weight excluding hydrogens is 356 g/mol. The summed E-state index contributed by atoms with van der Waals surface area (Å²) in [5.41, 5.74) is 1.41. The van der Waals surface area contributed by atoms with Crippen LogP contribution in [0.3, 0.4) is 0 Å². The van der Waals surface area contributed by atoms with Crippen molar-refractivity contribution in [2.45, 2.75) is 25.8 Å². The van der Waals surface area contributed by atoms with Gasteiger partial charge in [0.15, 0.2) is 5.82 Å². The summed E-state index contributed by atoms with van der Waals surface area (Å²) in [4.78, 5) is 21.6. The van der Waals surface area contributed by atoms with E-state index in [2.05, 4.69) is 38.3 Å². The number of terminal acetylenes is 1. The van der Waals surface area contributed by atoms with Gasteiger partial charge in [0.2, 0.25) is 5.88 Å². The van der Waals surface area contributed by atoms with Gasteiger partial charge in [0.05, 0.1) is 6.61 Å². The second-order valence-corrected chi connectivity index (χ2v) is 6.48. The Morgan fingerprint density at radius 3 is 3.14 bits per heavy atom. The van der Waals surface area contributed by atoms with E-state index in [0.717, 1.165) is 12.8 Å². The molecule has 1 unspecified atom stereocenters. The Kier molecular flexibility index (Phi) is 4.72. The lowest BCUT2D eigenvalue weighted by Crippen LogP contribution is -2.17. The third-order valence-corrected chi connectivity index (χ3v) is 4.54. The minimum Gasteiger partial charge on any atom is -0.477 e. The molecule has 1 amide bonds. The van der Waals surface area contributed by atoms with E-state index >= 15 is 0 Å². The largest absolute Gasteiger partial charge is 0.477 e. The summed E-state index contributed by atoms with van der Waals surface area (Å²) >= 11 is 0. The van der Waals surface area contributed by atoms with Crippen molar-refractivity contribution in [3.05, 3.63) is 47.9 Å². The Hall–Kier alpha value is -3.73. The molecule has 3 aromatic rings. The lowest BCUT2D eigenvalue weighted by Gasteiger charge is -2.17. The lowest BCUT2D eigenvalue weighted by molar-refractivity contribution is 0.102. The van der Waals surface area contributed by atoms with Crippen LogP contribution < -0.4 is 10.1 Å². The number of fused-ring (bicyclic) bond motifs is 5. The molecule has 0 aromatic carbocycles. The number of hydrogen-bond donors (Lipinski definition) is 1. The summed E-state index contributed by atoms with van der Waals surface area (Å²) in [6.07, 6.45) is 10.3. The summed E-state index contributed by atoms with van der Waals surface area (Å²) in [7, 11) is 0. The number of pyridine rings is 2. The van der Waals surface area contributed by atoms with Crippen LogP contribution >= 0.6 is 0 Å². The van der Waals surface area contributed by atoms with Crippen LogP contribution in [0.25, 0.3) is 11.5 Å². The van der Waals surface area contributed by atoms with Gasteiger partial charge in [-0.25, -0.2) is 9.97 Å². The topological polar surface area (TPSA) is 94.8 Å². The number of nitrogens with zero attached hydrogens (tertiary/aromatic N) is 5. The molecule has 3 aromatic heterocycles. The number of carbonyl (C=O) groups is 1. The number of rotatable bonds is 0. The molecule has 2 bridgehead atoms. The Labute approximate surface area is 162 Å². The molecule has 28 heavy (non-hydrogen) atoms. The normalized spacial score (nSPS) is 16.6. The van der Waals surface area contributed by atoms with Crippen LogP contribution in [-0.2, 0) is 0 Å². The third-order valence-electron chi connectivity index (χ3n) is 4.54. The molecule has 0 radical (unpaired) electrons. The second-order valence-electron chi connectivity index (χ2n) is 6.48. The van der Waals surface area contributed by atoms with Crippen LogP contribution in [0.2, 0.25) is 0 Å². The van der Waals surface area contributed by atoms with E-state index in [1.807, 2.05) is 10.6 Å². The summed E-state index contributed by atoms with van der Waals surface area (Å²) in [6, 6.07) is 7.10. The minimum atomic E-state index is -0.392. The van der Waals surface area contributed by atoms with Crippen molar-refractivity contribution in [3.8, 4) is 29.7 Å². The number of aromatic nitrogens is 5. The van der Waals surface area contributed by atoms with Crippen molar-refractivity contribution >= 4 is 11.7 Å². The van der Waals surface area contributed by atoms with E-state index in [9.17, 15) is 4.79 Å². The SMILES string of the molecule is C#Cc1cnc2c(c1)C(=O)Nc1cccc(n1)-c1nncn1C(C)CCCO2. The van der Waals surface area contributed by atoms with Gasteiger partial charge < -0.3 is 14.6 Å². The Balaban J connectivity index is 1.77. The Morgan fingerprint density at radius 1 is 1.39 bits per heavy atom. The molecule has 0 saturated carbocycles. The molecule has 4 heterocycles. The molecule has 0 aliphatic carbocycles. The fourth-order valence-electron chi connectivity index (χ4n) is 3.06. The van der Waals surface area contributed by atoms with Crippen molar-refractivity contribution < 1.29 is 9.53 Å². The van der Waals surface area contributed by atoms with Crippen molar-refractivity contribution in [3.63, 3.8) is 0 Å². The zero-order valence-electron chi connectivity index (χ0n) is 15.3. The number of anilines is 1. The first-order chi connectivity index (χ1) is 13.7. The molecule has 140 valence electrons. The lowest BCUT2D eigenvalue weighted by atomic mass is 10.1. The maximum atomic E-state index is 12.8. The molecule has 1 aliphatic rings. The number of amides is 1. The van der Waals surface area contributed by atoms with Gasteiger partial charge in [-0.05, 0) is 38.0 Å². The summed E-state index contributed by atoms with van der Waals surface area (Å²) in [6.45, 7) is 2.52. The van der Waals surface area contributed by atoms with Crippen LogP contribution in [-0.4, -0.2) is 37.2 Å². The predicted molar refractivity (Wildman–Crippen MR) is 103 cm³/mol. The fraction of sp³-hybridized carbons (Fsp3) is 0.250. The van der Waals surface area contributed by atoms with Crippen molar-refractivity contribution in [1.82, 2.24) is 24.7 Å². The Morgan fingerprint density at radius 2 is 2.29 bits per heavy atom. The van der Waals surface area contributed by atoms with E-state index in [-0.39, 0.29) is 17.5 Å². The highest BCUT2D eigenvalue weighted by atomic mass is 16.5. The van der Waals surface area contributed by atoms with Crippen molar-refractivity contribution in [2.75, 3.05) is 11.9 Å². The monoisotopic (exact) mass is 374 g/mol. The van der Waals surface area contributed by atoms with Crippen molar-refractivity contribution in [1.29, 1.82) is 0 Å². The molecule has 1 atom stereocenters. The van der Waals surface area contributed by atoms with Gasteiger partial charge in [0.1, 0.15) is 23.4 Å². The quantitative estimate of drug-likeness (QED) is 0.608. The van der Waals surface area contributed by atoms with Gasteiger partial charge in [0.25, 0.3) is 5.91 Å². The first-order valence-corrected chi connectivity index (χ1v) is 8.93. The average molecular weight is 374 g/mol. The Bertz CT molecular complexity index is 1070. The second kappa shape index (κ2) is 7.48. The van der Waals surface area contributed by atoms with Gasteiger partial charge >= 0.3 is 0 Å². The first-order valence-electron chi connectivity index (χ1n) is 8.93.